The Labute approximate surface area is 114 Å². The van der Waals surface area contributed by atoms with Gasteiger partial charge in [-0.1, -0.05) is 24.3 Å². The molecule has 17 heavy (non-hydrogen) atoms. The average molecular weight is 340 g/mol. The largest absolute Gasteiger partial charge is 0.508 e. The van der Waals surface area contributed by atoms with E-state index in [1.165, 1.54) is 3.57 Å². The van der Waals surface area contributed by atoms with Crippen LogP contribution in [0.3, 0.4) is 0 Å². The standard InChI is InChI=1S/C14H13IO2/c1-10-13(16)7-4-8-14(10)17-9-11-5-2-3-6-12(11)15/h2-8,16H,9H2,1H3. The lowest BCUT2D eigenvalue weighted by Crippen LogP contribution is -1.98. The van der Waals surface area contributed by atoms with Crippen molar-refractivity contribution >= 4 is 22.6 Å². The van der Waals surface area contributed by atoms with E-state index in [0.29, 0.717) is 6.61 Å². The molecule has 0 aliphatic heterocycles. The molecule has 2 nitrogen and oxygen atoms in total. The molecule has 0 aliphatic rings. The van der Waals surface area contributed by atoms with Crippen LogP contribution in [0.5, 0.6) is 11.5 Å². The van der Waals surface area contributed by atoms with Crippen LogP contribution in [0, 0.1) is 10.5 Å². The third-order valence-electron chi connectivity index (χ3n) is 2.60. The van der Waals surface area contributed by atoms with Gasteiger partial charge in [0.2, 0.25) is 0 Å². The second-order valence-corrected chi connectivity index (χ2v) is 4.94. The second kappa shape index (κ2) is 5.40. The molecule has 0 radical (unpaired) electrons. The van der Waals surface area contributed by atoms with Crippen LogP contribution in [-0.2, 0) is 6.61 Å². The van der Waals surface area contributed by atoms with E-state index >= 15 is 0 Å². The molecular weight excluding hydrogens is 327 g/mol. The zero-order valence-corrected chi connectivity index (χ0v) is 11.6. The van der Waals surface area contributed by atoms with Gasteiger partial charge in [0.05, 0.1) is 0 Å². The van der Waals surface area contributed by atoms with Crippen molar-refractivity contribution in [3.8, 4) is 11.5 Å². The minimum atomic E-state index is 0.269. The molecule has 1 N–H and O–H groups in total. The third-order valence-corrected chi connectivity index (χ3v) is 3.65. The fraction of sp³-hybridized carbons (Fsp3) is 0.143. The van der Waals surface area contributed by atoms with Crippen molar-refractivity contribution in [1.82, 2.24) is 0 Å². The summed E-state index contributed by atoms with van der Waals surface area (Å²) in [5, 5.41) is 9.57. The quantitative estimate of drug-likeness (QED) is 0.860. The van der Waals surface area contributed by atoms with Crippen LogP contribution in [0.1, 0.15) is 11.1 Å². The summed E-state index contributed by atoms with van der Waals surface area (Å²) in [4.78, 5) is 0. The van der Waals surface area contributed by atoms with E-state index in [0.717, 1.165) is 16.9 Å². The molecule has 2 rings (SSSR count). The molecule has 0 atom stereocenters. The Balaban J connectivity index is 2.13. The summed E-state index contributed by atoms with van der Waals surface area (Å²) in [6, 6.07) is 13.4. The molecule has 2 aromatic carbocycles. The molecule has 88 valence electrons. The Morgan fingerprint density at radius 3 is 2.65 bits per heavy atom. The van der Waals surface area contributed by atoms with Gasteiger partial charge >= 0.3 is 0 Å². The summed E-state index contributed by atoms with van der Waals surface area (Å²) >= 11 is 2.29. The molecule has 0 fully saturated rings. The van der Waals surface area contributed by atoms with Crippen molar-refractivity contribution in [1.29, 1.82) is 0 Å². The molecule has 0 aliphatic carbocycles. The fourth-order valence-electron chi connectivity index (χ4n) is 1.53. The van der Waals surface area contributed by atoms with Crippen molar-refractivity contribution in [3.63, 3.8) is 0 Å². The Bertz CT molecular complexity index is 523. The van der Waals surface area contributed by atoms with E-state index in [-0.39, 0.29) is 5.75 Å². The second-order valence-electron chi connectivity index (χ2n) is 3.78. The Kier molecular flexibility index (Phi) is 3.89. The summed E-state index contributed by atoms with van der Waals surface area (Å²) in [5.41, 5.74) is 1.93. The zero-order chi connectivity index (χ0) is 12.3. The predicted octanol–water partition coefficient (Wildman–Crippen LogP) is 3.88. The number of phenols is 1. The summed E-state index contributed by atoms with van der Waals surface area (Å²) in [6.07, 6.45) is 0. The Morgan fingerprint density at radius 1 is 1.12 bits per heavy atom. The minimum Gasteiger partial charge on any atom is -0.508 e. The lowest BCUT2D eigenvalue weighted by molar-refractivity contribution is 0.301. The summed E-state index contributed by atoms with van der Waals surface area (Å²) < 4.78 is 6.90. The number of rotatable bonds is 3. The molecule has 0 bridgehead atoms. The Hall–Kier alpha value is -1.23. The smallest absolute Gasteiger partial charge is 0.126 e. The number of halogens is 1. The van der Waals surface area contributed by atoms with Gasteiger partial charge in [0.1, 0.15) is 18.1 Å². The van der Waals surface area contributed by atoms with Gasteiger partial charge in [-0.25, -0.2) is 0 Å². The van der Waals surface area contributed by atoms with Gasteiger partial charge in [-0.2, -0.15) is 0 Å². The first kappa shape index (κ1) is 12.2. The van der Waals surface area contributed by atoms with Crippen LogP contribution in [0.25, 0.3) is 0 Å². The summed E-state index contributed by atoms with van der Waals surface area (Å²) in [7, 11) is 0. The maximum absolute atomic E-state index is 9.57. The summed E-state index contributed by atoms with van der Waals surface area (Å²) in [6.45, 7) is 2.37. The van der Waals surface area contributed by atoms with E-state index in [1.807, 2.05) is 31.2 Å². The highest BCUT2D eigenvalue weighted by atomic mass is 127. The highest BCUT2D eigenvalue weighted by Gasteiger charge is 2.05. The van der Waals surface area contributed by atoms with Crippen molar-refractivity contribution in [2.45, 2.75) is 13.5 Å². The number of hydrogen-bond acceptors (Lipinski definition) is 2. The fourth-order valence-corrected chi connectivity index (χ4v) is 2.07. The first-order valence-electron chi connectivity index (χ1n) is 5.33. The topological polar surface area (TPSA) is 29.5 Å². The van der Waals surface area contributed by atoms with Gasteiger partial charge in [-0.3, -0.25) is 0 Å². The van der Waals surface area contributed by atoms with E-state index in [9.17, 15) is 5.11 Å². The van der Waals surface area contributed by atoms with Crippen LogP contribution in [0.2, 0.25) is 0 Å². The van der Waals surface area contributed by atoms with Crippen molar-refractivity contribution in [2.24, 2.45) is 0 Å². The van der Waals surface area contributed by atoms with Crippen molar-refractivity contribution < 1.29 is 9.84 Å². The maximum atomic E-state index is 9.57. The molecule has 2 aromatic rings. The van der Waals surface area contributed by atoms with E-state index in [4.69, 9.17) is 4.74 Å². The molecular formula is C14H13IO2. The third kappa shape index (κ3) is 2.91. The van der Waals surface area contributed by atoms with Crippen LogP contribution in [0.4, 0.5) is 0 Å². The first-order chi connectivity index (χ1) is 8.18. The van der Waals surface area contributed by atoms with Crippen LogP contribution < -0.4 is 4.74 Å². The van der Waals surface area contributed by atoms with Crippen molar-refractivity contribution in [3.05, 3.63) is 57.2 Å². The summed E-state index contributed by atoms with van der Waals surface area (Å²) in [5.74, 6) is 0.995. The van der Waals surface area contributed by atoms with Crippen LogP contribution >= 0.6 is 22.6 Å². The molecule has 3 heteroatoms. The highest BCUT2D eigenvalue weighted by Crippen LogP contribution is 2.27. The van der Waals surface area contributed by atoms with Gasteiger partial charge in [0.15, 0.2) is 0 Å². The van der Waals surface area contributed by atoms with E-state index in [2.05, 4.69) is 28.7 Å². The van der Waals surface area contributed by atoms with Gasteiger partial charge in [-0.15, -0.1) is 0 Å². The molecule has 0 saturated heterocycles. The average Bonchev–Trinajstić information content (AvgIpc) is 2.33. The molecule has 0 unspecified atom stereocenters. The van der Waals surface area contributed by atoms with Crippen LogP contribution in [0.15, 0.2) is 42.5 Å². The van der Waals surface area contributed by atoms with Gasteiger partial charge in [0.25, 0.3) is 0 Å². The van der Waals surface area contributed by atoms with Gasteiger partial charge in [0, 0.05) is 14.7 Å². The number of ether oxygens (including phenoxy) is 1. The van der Waals surface area contributed by atoms with E-state index < -0.39 is 0 Å². The lowest BCUT2D eigenvalue weighted by Gasteiger charge is -2.10. The van der Waals surface area contributed by atoms with Gasteiger partial charge in [-0.05, 0) is 47.7 Å². The Morgan fingerprint density at radius 2 is 1.88 bits per heavy atom. The monoisotopic (exact) mass is 340 g/mol. The predicted molar refractivity (Wildman–Crippen MR) is 76.3 cm³/mol. The van der Waals surface area contributed by atoms with Crippen molar-refractivity contribution in [2.75, 3.05) is 0 Å². The normalized spacial score (nSPS) is 10.2. The molecule has 0 amide bonds. The van der Waals surface area contributed by atoms with Crippen LogP contribution in [-0.4, -0.2) is 5.11 Å². The zero-order valence-electron chi connectivity index (χ0n) is 9.48. The number of aromatic hydroxyl groups is 1. The number of benzene rings is 2. The molecule has 0 aromatic heterocycles. The SMILES string of the molecule is Cc1c(O)cccc1OCc1ccccc1I. The number of phenolic OH excluding ortho intramolecular Hbond substituents is 1. The molecule has 0 heterocycles. The van der Waals surface area contributed by atoms with E-state index in [1.54, 1.807) is 12.1 Å². The molecule has 0 spiro atoms. The lowest BCUT2D eigenvalue weighted by atomic mass is 10.2. The molecule has 0 saturated carbocycles. The first-order valence-corrected chi connectivity index (χ1v) is 6.41. The number of hydrogen-bond donors (Lipinski definition) is 1. The minimum absolute atomic E-state index is 0.269. The highest BCUT2D eigenvalue weighted by molar-refractivity contribution is 14.1. The van der Waals surface area contributed by atoms with Gasteiger partial charge < -0.3 is 9.84 Å². The maximum Gasteiger partial charge on any atom is 0.126 e.